The zero-order valence-electron chi connectivity index (χ0n) is 10.2. The highest BCUT2D eigenvalue weighted by Gasteiger charge is 2.18. The van der Waals surface area contributed by atoms with Gasteiger partial charge in [0.15, 0.2) is 11.5 Å². The number of methoxy groups -OCH3 is 2. The minimum atomic E-state index is 0.675. The van der Waals surface area contributed by atoms with Crippen LogP contribution in [0.2, 0.25) is 0 Å². The van der Waals surface area contributed by atoms with Gasteiger partial charge in [-0.2, -0.15) is 0 Å². The van der Waals surface area contributed by atoms with Crippen LogP contribution in [0.15, 0.2) is 17.3 Å². The van der Waals surface area contributed by atoms with E-state index in [-0.39, 0.29) is 0 Å². The maximum atomic E-state index is 9.07. The van der Waals surface area contributed by atoms with Crippen molar-refractivity contribution in [2.75, 3.05) is 14.2 Å². The summed E-state index contributed by atoms with van der Waals surface area (Å²) in [6.07, 6.45) is 3.92. The van der Waals surface area contributed by atoms with E-state index in [0.717, 1.165) is 48.3 Å². The number of benzene rings is 1. The summed E-state index contributed by atoms with van der Waals surface area (Å²) in [4.78, 5) is 0. The van der Waals surface area contributed by atoms with Crippen LogP contribution >= 0.6 is 0 Å². The van der Waals surface area contributed by atoms with Crippen LogP contribution in [0.1, 0.15) is 30.4 Å². The molecule has 17 heavy (non-hydrogen) atoms. The zero-order chi connectivity index (χ0) is 12.3. The van der Waals surface area contributed by atoms with E-state index in [0.29, 0.717) is 5.75 Å². The van der Waals surface area contributed by atoms with Gasteiger partial charge in [0.2, 0.25) is 0 Å². The van der Waals surface area contributed by atoms with Gasteiger partial charge in [-0.1, -0.05) is 5.16 Å². The summed E-state index contributed by atoms with van der Waals surface area (Å²) in [7, 11) is 3.23. The molecule has 0 bridgehead atoms. The molecule has 92 valence electrons. The van der Waals surface area contributed by atoms with Crippen molar-refractivity contribution in [1.29, 1.82) is 0 Å². The second-order valence-electron chi connectivity index (χ2n) is 4.12. The van der Waals surface area contributed by atoms with Crippen LogP contribution in [-0.4, -0.2) is 25.1 Å². The number of nitrogens with zero attached hydrogens (tertiary/aromatic N) is 1. The van der Waals surface area contributed by atoms with E-state index in [2.05, 4.69) is 5.16 Å². The Bertz CT molecular complexity index is 441. The van der Waals surface area contributed by atoms with Crippen molar-refractivity contribution in [3.05, 3.63) is 23.3 Å². The molecule has 0 spiro atoms. The highest BCUT2D eigenvalue weighted by Crippen LogP contribution is 2.33. The molecule has 4 nitrogen and oxygen atoms in total. The maximum absolute atomic E-state index is 9.07. The molecule has 0 aromatic heterocycles. The molecule has 4 heteroatoms. The van der Waals surface area contributed by atoms with E-state index in [1.807, 2.05) is 12.1 Å². The molecule has 0 saturated heterocycles. The first kappa shape index (κ1) is 11.8. The van der Waals surface area contributed by atoms with Crippen LogP contribution < -0.4 is 9.47 Å². The summed E-state index contributed by atoms with van der Waals surface area (Å²) in [5.41, 5.74) is 2.87. The van der Waals surface area contributed by atoms with Crippen LogP contribution in [0, 0.1) is 0 Å². The Balaban J connectivity index is 2.55. The van der Waals surface area contributed by atoms with Crippen LogP contribution in [0.5, 0.6) is 11.5 Å². The lowest BCUT2D eigenvalue weighted by Gasteiger charge is -2.13. The Morgan fingerprint density at radius 2 is 1.71 bits per heavy atom. The molecule has 0 saturated carbocycles. The van der Waals surface area contributed by atoms with Gasteiger partial charge in [-0.15, -0.1) is 0 Å². The minimum Gasteiger partial charge on any atom is -0.493 e. The van der Waals surface area contributed by atoms with E-state index in [4.69, 9.17) is 14.7 Å². The monoisotopic (exact) mass is 235 g/mol. The molecule has 0 aliphatic heterocycles. The first-order valence-electron chi connectivity index (χ1n) is 5.76. The van der Waals surface area contributed by atoms with E-state index in [1.54, 1.807) is 14.2 Å². The Kier molecular flexibility index (Phi) is 3.52. The highest BCUT2D eigenvalue weighted by atomic mass is 16.5. The predicted molar refractivity (Wildman–Crippen MR) is 65.4 cm³/mol. The fraction of sp³-hybridized carbons (Fsp3) is 0.462. The lowest BCUT2D eigenvalue weighted by Crippen LogP contribution is -2.04. The molecular formula is C13H17NO3. The lowest BCUT2D eigenvalue weighted by atomic mass is 10.0. The second-order valence-corrected chi connectivity index (χ2v) is 4.12. The summed E-state index contributed by atoms with van der Waals surface area (Å²) < 4.78 is 10.6. The van der Waals surface area contributed by atoms with Crippen LogP contribution in [0.3, 0.4) is 0 Å². The van der Waals surface area contributed by atoms with Gasteiger partial charge in [-0.3, -0.25) is 0 Å². The lowest BCUT2D eigenvalue weighted by molar-refractivity contribution is 0.318. The summed E-state index contributed by atoms with van der Waals surface area (Å²) in [6.45, 7) is 0. The molecule has 1 aromatic rings. The van der Waals surface area contributed by atoms with Gasteiger partial charge in [-0.25, -0.2) is 0 Å². The van der Waals surface area contributed by atoms with Gasteiger partial charge >= 0.3 is 0 Å². The van der Waals surface area contributed by atoms with Gasteiger partial charge in [-0.05, 0) is 43.4 Å². The summed E-state index contributed by atoms with van der Waals surface area (Å²) in [5.74, 6) is 1.40. The molecule has 2 rings (SSSR count). The number of rotatable bonds is 2. The largest absolute Gasteiger partial charge is 0.493 e. The fourth-order valence-electron chi connectivity index (χ4n) is 2.24. The van der Waals surface area contributed by atoms with Crippen molar-refractivity contribution in [2.45, 2.75) is 25.7 Å². The van der Waals surface area contributed by atoms with Crippen molar-refractivity contribution in [2.24, 2.45) is 5.16 Å². The van der Waals surface area contributed by atoms with Crippen molar-refractivity contribution in [1.82, 2.24) is 0 Å². The van der Waals surface area contributed by atoms with Crippen LogP contribution in [0.25, 0.3) is 0 Å². The van der Waals surface area contributed by atoms with Crippen LogP contribution in [-0.2, 0) is 6.42 Å². The Labute approximate surface area is 101 Å². The summed E-state index contributed by atoms with van der Waals surface area (Å²) >= 11 is 0. The van der Waals surface area contributed by atoms with Crippen molar-refractivity contribution >= 4 is 5.71 Å². The van der Waals surface area contributed by atoms with Gasteiger partial charge in [0.25, 0.3) is 0 Å². The zero-order valence-corrected chi connectivity index (χ0v) is 10.2. The third-order valence-corrected chi connectivity index (χ3v) is 3.15. The third kappa shape index (κ3) is 2.20. The third-order valence-electron chi connectivity index (χ3n) is 3.15. The molecule has 1 aromatic carbocycles. The van der Waals surface area contributed by atoms with Gasteiger partial charge in [0.05, 0.1) is 19.9 Å². The van der Waals surface area contributed by atoms with Crippen molar-refractivity contribution in [3.8, 4) is 11.5 Å². The highest BCUT2D eigenvalue weighted by molar-refractivity contribution is 6.02. The van der Waals surface area contributed by atoms with E-state index in [1.165, 1.54) is 0 Å². The molecule has 1 N–H and O–H groups in total. The molecule has 0 fully saturated rings. The van der Waals surface area contributed by atoms with Crippen molar-refractivity contribution in [3.63, 3.8) is 0 Å². The van der Waals surface area contributed by atoms with Crippen molar-refractivity contribution < 1.29 is 14.7 Å². The van der Waals surface area contributed by atoms with Gasteiger partial charge in [0.1, 0.15) is 0 Å². The normalized spacial score (nSPS) is 17.4. The quantitative estimate of drug-likeness (QED) is 0.487. The number of hydrogen-bond acceptors (Lipinski definition) is 4. The van der Waals surface area contributed by atoms with E-state index in [9.17, 15) is 0 Å². The molecule has 0 amide bonds. The molecule has 0 radical (unpaired) electrons. The topological polar surface area (TPSA) is 51.0 Å². The molecule has 1 aliphatic rings. The molecule has 0 heterocycles. The SMILES string of the molecule is COc1cc2c(cc1OC)/C(=N/O)CCCC2. The number of ether oxygens (including phenoxy) is 2. The number of oxime groups is 1. The number of hydrogen-bond donors (Lipinski definition) is 1. The summed E-state index contributed by atoms with van der Waals surface area (Å²) in [6, 6.07) is 3.87. The minimum absolute atomic E-state index is 0.675. The molecule has 1 aliphatic carbocycles. The van der Waals surface area contributed by atoms with Gasteiger partial charge in [0, 0.05) is 5.56 Å². The Morgan fingerprint density at radius 1 is 1.06 bits per heavy atom. The maximum Gasteiger partial charge on any atom is 0.161 e. The average Bonchev–Trinajstić information content (AvgIpc) is 2.58. The Hall–Kier alpha value is -1.71. The first-order chi connectivity index (χ1) is 8.30. The van der Waals surface area contributed by atoms with Gasteiger partial charge < -0.3 is 14.7 Å². The first-order valence-corrected chi connectivity index (χ1v) is 5.76. The molecule has 0 atom stereocenters. The van der Waals surface area contributed by atoms with E-state index < -0.39 is 0 Å². The summed E-state index contributed by atoms with van der Waals surface area (Å²) in [5, 5.41) is 12.5. The fourth-order valence-corrected chi connectivity index (χ4v) is 2.24. The van der Waals surface area contributed by atoms with E-state index >= 15 is 0 Å². The van der Waals surface area contributed by atoms with Crippen LogP contribution in [0.4, 0.5) is 0 Å². The average molecular weight is 235 g/mol. The smallest absolute Gasteiger partial charge is 0.161 e. The predicted octanol–water partition coefficient (Wildman–Crippen LogP) is 2.61. The second kappa shape index (κ2) is 5.08. The standard InChI is InChI=1S/C13H17NO3/c1-16-12-7-9-5-3-4-6-11(14-15)10(9)8-13(12)17-2/h7-8,15H,3-6H2,1-2H3/b14-11+. The number of aryl methyl sites for hydroxylation is 1. The molecule has 0 unspecified atom stereocenters. The Morgan fingerprint density at radius 3 is 2.35 bits per heavy atom. The molecular weight excluding hydrogens is 218 g/mol. The number of fused-ring (bicyclic) bond motifs is 1.